The molecule has 0 N–H and O–H groups in total. The molecule has 0 aliphatic rings. The SMILES string of the molecule is CCc1ccccc1S(OS(=O)(=O)c1ccc(C)cc1)(c1ccccc1)c1ccccc1. The fourth-order valence-electron chi connectivity index (χ4n) is 3.68. The molecule has 0 bridgehead atoms. The van der Waals surface area contributed by atoms with Crippen molar-refractivity contribution in [3.63, 3.8) is 0 Å². The van der Waals surface area contributed by atoms with Crippen molar-refractivity contribution >= 4 is 20.4 Å². The van der Waals surface area contributed by atoms with E-state index in [-0.39, 0.29) is 4.90 Å². The van der Waals surface area contributed by atoms with E-state index in [0.717, 1.165) is 32.2 Å². The van der Waals surface area contributed by atoms with Gasteiger partial charge in [-0.3, -0.25) is 0 Å². The normalized spacial score (nSPS) is 12.4. The molecule has 0 atom stereocenters. The van der Waals surface area contributed by atoms with Crippen molar-refractivity contribution in [1.29, 1.82) is 0 Å². The number of rotatable bonds is 7. The van der Waals surface area contributed by atoms with Gasteiger partial charge in [-0.15, -0.1) is 0 Å². The van der Waals surface area contributed by atoms with Crippen LogP contribution in [-0.4, -0.2) is 8.42 Å². The van der Waals surface area contributed by atoms with E-state index in [1.165, 1.54) is 0 Å². The van der Waals surface area contributed by atoms with Gasteiger partial charge in [-0.05, 0) is 71.7 Å². The molecule has 5 heteroatoms. The van der Waals surface area contributed by atoms with Crippen LogP contribution in [0.25, 0.3) is 0 Å². The molecular formula is C27H26O3S2. The molecule has 32 heavy (non-hydrogen) atoms. The molecule has 4 aromatic carbocycles. The fourth-order valence-corrected chi connectivity index (χ4v) is 9.18. The van der Waals surface area contributed by atoms with Gasteiger partial charge in [0.05, 0.1) is 4.90 Å². The zero-order valence-corrected chi connectivity index (χ0v) is 19.8. The van der Waals surface area contributed by atoms with E-state index >= 15 is 0 Å². The van der Waals surface area contributed by atoms with Gasteiger partial charge < -0.3 is 0 Å². The Bertz CT molecular complexity index is 1240. The third kappa shape index (κ3) is 4.24. The Morgan fingerprint density at radius 2 is 1.12 bits per heavy atom. The molecule has 0 heterocycles. The summed E-state index contributed by atoms with van der Waals surface area (Å²) in [5.74, 6) is 0. The summed E-state index contributed by atoms with van der Waals surface area (Å²) < 4.78 is 33.8. The second-order valence-corrected chi connectivity index (χ2v) is 11.9. The Labute approximate surface area is 192 Å². The van der Waals surface area contributed by atoms with E-state index in [9.17, 15) is 8.42 Å². The molecule has 0 fully saturated rings. The number of benzene rings is 4. The summed E-state index contributed by atoms with van der Waals surface area (Å²) in [7, 11) is -6.65. The Morgan fingerprint density at radius 1 is 0.625 bits per heavy atom. The Kier molecular flexibility index (Phi) is 6.51. The van der Waals surface area contributed by atoms with E-state index in [1.54, 1.807) is 24.3 Å². The highest BCUT2D eigenvalue weighted by Crippen LogP contribution is 2.71. The molecule has 164 valence electrons. The van der Waals surface area contributed by atoms with Gasteiger partial charge >= 0.3 is 10.1 Å². The van der Waals surface area contributed by atoms with Crippen LogP contribution in [-0.2, 0) is 20.2 Å². The topological polar surface area (TPSA) is 43.4 Å². The van der Waals surface area contributed by atoms with Crippen molar-refractivity contribution in [2.75, 3.05) is 0 Å². The van der Waals surface area contributed by atoms with Crippen LogP contribution in [0.15, 0.2) is 129 Å². The first kappa shape index (κ1) is 22.3. The van der Waals surface area contributed by atoms with Crippen LogP contribution in [0.4, 0.5) is 0 Å². The molecule has 0 radical (unpaired) electrons. The zero-order chi connectivity index (χ0) is 22.6. The first-order valence-corrected chi connectivity index (χ1v) is 13.5. The fraction of sp³-hybridized carbons (Fsp3) is 0.111. The summed E-state index contributed by atoms with van der Waals surface area (Å²) in [5, 5.41) is 0. The quantitative estimate of drug-likeness (QED) is 0.293. The molecule has 0 amide bonds. The summed E-state index contributed by atoms with van der Waals surface area (Å²) in [4.78, 5) is 2.72. The van der Waals surface area contributed by atoms with Crippen molar-refractivity contribution in [3.05, 3.63) is 120 Å². The lowest BCUT2D eigenvalue weighted by Crippen LogP contribution is -2.15. The van der Waals surface area contributed by atoms with E-state index < -0.39 is 20.4 Å². The van der Waals surface area contributed by atoms with Gasteiger partial charge in [0.2, 0.25) is 0 Å². The Balaban J connectivity index is 2.04. The van der Waals surface area contributed by atoms with Gasteiger partial charge in [0, 0.05) is 14.7 Å². The lowest BCUT2D eigenvalue weighted by Gasteiger charge is -2.40. The minimum absolute atomic E-state index is 0.154. The summed E-state index contributed by atoms with van der Waals surface area (Å²) >= 11 is 0. The van der Waals surface area contributed by atoms with Crippen molar-refractivity contribution in [1.82, 2.24) is 0 Å². The highest BCUT2D eigenvalue weighted by atomic mass is 32.3. The molecule has 0 saturated heterocycles. The first-order chi connectivity index (χ1) is 15.5. The highest BCUT2D eigenvalue weighted by molar-refractivity contribution is 8.33. The lowest BCUT2D eigenvalue weighted by atomic mass is 10.2. The summed E-state index contributed by atoms with van der Waals surface area (Å²) in [6, 6.07) is 34.2. The van der Waals surface area contributed by atoms with Gasteiger partial charge in [0.1, 0.15) is 0 Å². The third-order valence-corrected chi connectivity index (χ3v) is 10.6. The van der Waals surface area contributed by atoms with Crippen LogP contribution >= 0.6 is 10.3 Å². The van der Waals surface area contributed by atoms with E-state index in [1.807, 2.05) is 91.9 Å². The van der Waals surface area contributed by atoms with Crippen LogP contribution in [0.5, 0.6) is 0 Å². The summed E-state index contributed by atoms with van der Waals surface area (Å²) in [6.07, 6.45) is 0.762. The smallest absolute Gasteiger partial charge is 0.203 e. The molecule has 4 rings (SSSR count). The maximum Gasteiger partial charge on any atom is 0.307 e. The van der Waals surface area contributed by atoms with E-state index in [0.29, 0.717) is 0 Å². The number of aryl methyl sites for hydroxylation is 2. The molecule has 0 saturated carbocycles. The van der Waals surface area contributed by atoms with E-state index in [2.05, 4.69) is 6.92 Å². The number of hydrogen-bond acceptors (Lipinski definition) is 3. The van der Waals surface area contributed by atoms with Crippen LogP contribution in [0.1, 0.15) is 18.1 Å². The molecule has 3 nitrogen and oxygen atoms in total. The second kappa shape index (κ2) is 9.33. The van der Waals surface area contributed by atoms with Crippen molar-refractivity contribution in [2.24, 2.45) is 0 Å². The Hall–Kier alpha value is -2.86. The minimum atomic E-state index is -4.07. The maximum absolute atomic E-state index is 13.7. The van der Waals surface area contributed by atoms with Crippen molar-refractivity contribution in [2.45, 2.75) is 39.9 Å². The largest absolute Gasteiger partial charge is 0.307 e. The average molecular weight is 463 g/mol. The predicted molar refractivity (Wildman–Crippen MR) is 131 cm³/mol. The lowest BCUT2D eigenvalue weighted by molar-refractivity contribution is 0.508. The Morgan fingerprint density at radius 3 is 1.66 bits per heavy atom. The van der Waals surface area contributed by atoms with Gasteiger partial charge in [-0.2, -0.15) is 8.42 Å². The molecule has 4 aromatic rings. The molecule has 0 aliphatic heterocycles. The second-order valence-electron chi connectivity index (χ2n) is 7.48. The standard InChI is InChI=1S/C27H26O3S2/c1-3-23-12-10-11-17-27(23)31(24-13-6-4-7-14-24,25-15-8-5-9-16-25)30-32(28,29)26-20-18-22(2)19-21-26/h4-21H,3H2,1-2H3. The van der Waals surface area contributed by atoms with Gasteiger partial charge in [-0.25, -0.2) is 3.63 Å². The van der Waals surface area contributed by atoms with Crippen molar-refractivity contribution in [3.8, 4) is 0 Å². The first-order valence-electron chi connectivity index (χ1n) is 10.5. The van der Waals surface area contributed by atoms with Crippen LogP contribution in [0.3, 0.4) is 0 Å². The average Bonchev–Trinajstić information content (AvgIpc) is 2.84. The van der Waals surface area contributed by atoms with Crippen molar-refractivity contribution < 1.29 is 12.0 Å². The minimum Gasteiger partial charge on any atom is -0.203 e. The predicted octanol–water partition coefficient (Wildman–Crippen LogP) is 7.16. The van der Waals surface area contributed by atoms with Gasteiger partial charge in [-0.1, -0.05) is 79.2 Å². The van der Waals surface area contributed by atoms with E-state index in [4.69, 9.17) is 3.63 Å². The highest BCUT2D eigenvalue weighted by Gasteiger charge is 2.39. The summed E-state index contributed by atoms with van der Waals surface area (Å²) in [6.45, 7) is 4.01. The van der Waals surface area contributed by atoms with Crippen LogP contribution in [0.2, 0.25) is 0 Å². The third-order valence-electron chi connectivity index (χ3n) is 5.31. The summed E-state index contributed by atoms with van der Waals surface area (Å²) in [5.41, 5.74) is 2.05. The zero-order valence-electron chi connectivity index (χ0n) is 18.1. The molecule has 0 aromatic heterocycles. The molecule has 0 spiro atoms. The van der Waals surface area contributed by atoms with Crippen LogP contribution in [0, 0.1) is 6.92 Å². The molecule has 0 aliphatic carbocycles. The number of hydrogen-bond donors (Lipinski definition) is 0. The van der Waals surface area contributed by atoms with Gasteiger partial charge in [0.25, 0.3) is 0 Å². The monoisotopic (exact) mass is 462 g/mol. The van der Waals surface area contributed by atoms with Gasteiger partial charge in [0.15, 0.2) is 0 Å². The molecule has 0 unspecified atom stereocenters. The molecular weight excluding hydrogens is 436 g/mol. The van der Waals surface area contributed by atoms with Crippen LogP contribution < -0.4 is 0 Å². The maximum atomic E-state index is 13.7.